The van der Waals surface area contributed by atoms with Gasteiger partial charge in [-0.3, -0.25) is 24.5 Å². The van der Waals surface area contributed by atoms with Gasteiger partial charge < -0.3 is 28.8 Å². The summed E-state index contributed by atoms with van der Waals surface area (Å²) in [7, 11) is 0. The van der Waals surface area contributed by atoms with Crippen LogP contribution in [0.4, 0.5) is 10.5 Å². The third-order valence-corrected chi connectivity index (χ3v) is 5.46. The zero-order valence-electron chi connectivity index (χ0n) is 18.1. The number of rotatable bonds is 6. The van der Waals surface area contributed by atoms with Gasteiger partial charge >= 0.3 is 17.5 Å². The zero-order valence-corrected chi connectivity index (χ0v) is 18.1. The molecule has 0 aliphatic carbocycles. The molecule has 0 spiro atoms. The summed E-state index contributed by atoms with van der Waals surface area (Å²) in [5, 5.41) is 21.8. The molecule has 0 saturated carbocycles. The molecule has 0 amide bonds. The van der Waals surface area contributed by atoms with Gasteiger partial charge in [-0.15, -0.1) is 0 Å². The Morgan fingerprint density at radius 1 is 1.38 bits per heavy atom. The van der Waals surface area contributed by atoms with Gasteiger partial charge in [-0.25, -0.2) is 9.59 Å². The summed E-state index contributed by atoms with van der Waals surface area (Å²) >= 11 is 0. The summed E-state index contributed by atoms with van der Waals surface area (Å²) in [4.78, 5) is 48.8. The zero-order chi connectivity index (χ0) is 24.6. The van der Waals surface area contributed by atoms with E-state index in [1.807, 2.05) is 0 Å². The highest BCUT2D eigenvalue weighted by molar-refractivity contribution is 5.64. The summed E-state index contributed by atoms with van der Waals surface area (Å²) in [6.07, 6.45) is -3.78. The van der Waals surface area contributed by atoms with Gasteiger partial charge in [0.25, 0.3) is 5.56 Å². The number of aryl methyl sites for hydroxylation is 1. The van der Waals surface area contributed by atoms with Crippen LogP contribution in [0.1, 0.15) is 36.8 Å². The lowest BCUT2D eigenvalue weighted by Crippen LogP contribution is -2.33. The van der Waals surface area contributed by atoms with Crippen molar-refractivity contribution in [1.82, 2.24) is 9.55 Å². The molecule has 14 heteroatoms. The van der Waals surface area contributed by atoms with Crippen molar-refractivity contribution in [2.45, 2.75) is 44.8 Å². The van der Waals surface area contributed by atoms with Gasteiger partial charge in [0.15, 0.2) is 5.75 Å². The number of aliphatic hydroxyl groups is 1. The Morgan fingerprint density at radius 2 is 2.15 bits per heavy atom. The van der Waals surface area contributed by atoms with Gasteiger partial charge in [0.2, 0.25) is 12.5 Å². The number of carbonyl (C=O) groups is 1. The van der Waals surface area contributed by atoms with Gasteiger partial charge in [-0.1, -0.05) is 0 Å². The fourth-order valence-electron chi connectivity index (χ4n) is 3.72. The minimum absolute atomic E-state index is 0.0221. The Balaban J connectivity index is 1.38. The number of nitro benzene ring substituents is 1. The highest BCUT2D eigenvalue weighted by Crippen LogP contribution is 2.45. The SMILES string of the molecule is Cc1cn([C@H]2C[C@H](O)[C@@H](COC(=O)OC(C)c3ccc4c(c3[N+](=O)[O-])OCO4)O2)c(=O)[nH]c1=O. The second-order valence-corrected chi connectivity index (χ2v) is 7.73. The summed E-state index contributed by atoms with van der Waals surface area (Å²) in [6, 6.07) is 2.86. The number of nitro groups is 1. The number of fused-ring (bicyclic) bond motifs is 1. The predicted octanol–water partition coefficient (Wildman–Crippen LogP) is 1.04. The minimum Gasteiger partial charge on any atom is -0.453 e. The summed E-state index contributed by atoms with van der Waals surface area (Å²) in [5.41, 5.74) is -1.25. The second kappa shape index (κ2) is 9.15. The van der Waals surface area contributed by atoms with E-state index in [-0.39, 0.29) is 41.5 Å². The van der Waals surface area contributed by atoms with Crippen molar-refractivity contribution < 1.29 is 38.5 Å². The molecule has 4 rings (SSSR count). The average Bonchev–Trinajstić information content (AvgIpc) is 3.40. The van der Waals surface area contributed by atoms with Crippen molar-refractivity contribution in [3.05, 3.63) is 60.4 Å². The number of hydrogen-bond acceptors (Lipinski definition) is 11. The molecule has 0 bridgehead atoms. The highest BCUT2D eigenvalue weighted by atomic mass is 16.7. The fourth-order valence-corrected chi connectivity index (χ4v) is 3.72. The maximum atomic E-state index is 12.2. The average molecular weight is 479 g/mol. The van der Waals surface area contributed by atoms with Crippen LogP contribution >= 0.6 is 0 Å². The van der Waals surface area contributed by atoms with Crippen molar-refractivity contribution in [2.24, 2.45) is 0 Å². The van der Waals surface area contributed by atoms with Gasteiger partial charge in [0, 0.05) is 18.2 Å². The lowest BCUT2D eigenvalue weighted by atomic mass is 10.1. The molecule has 2 aromatic rings. The molecule has 182 valence electrons. The number of nitrogens with one attached hydrogen (secondary N) is 1. The van der Waals surface area contributed by atoms with Crippen LogP contribution in [0.2, 0.25) is 0 Å². The minimum atomic E-state index is -1.14. The van der Waals surface area contributed by atoms with Crippen molar-refractivity contribution in [2.75, 3.05) is 13.4 Å². The van der Waals surface area contributed by atoms with Crippen molar-refractivity contribution in [3.8, 4) is 11.5 Å². The Morgan fingerprint density at radius 3 is 2.88 bits per heavy atom. The Bertz CT molecular complexity index is 1240. The van der Waals surface area contributed by atoms with E-state index in [9.17, 15) is 29.6 Å². The van der Waals surface area contributed by atoms with E-state index in [4.69, 9.17) is 23.7 Å². The molecule has 14 nitrogen and oxygen atoms in total. The van der Waals surface area contributed by atoms with Crippen LogP contribution in [0.25, 0.3) is 0 Å². The van der Waals surface area contributed by atoms with Crippen LogP contribution in [-0.2, 0) is 14.2 Å². The normalized spacial score (nSPS) is 21.8. The van der Waals surface area contributed by atoms with Crippen molar-refractivity contribution in [1.29, 1.82) is 0 Å². The first-order valence-electron chi connectivity index (χ1n) is 10.2. The number of nitrogens with zero attached hydrogens (tertiary/aromatic N) is 2. The largest absolute Gasteiger partial charge is 0.508 e. The highest BCUT2D eigenvalue weighted by Gasteiger charge is 2.37. The van der Waals surface area contributed by atoms with E-state index in [0.717, 1.165) is 4.57 Å². The summed E-state index contributed by atoms with van der Waals surface area (Å²) < 4.78 is 27.2. The van der Waals surface area contributed by atoms with Gasteiger partial charge in [-0.2, -0.15) is 0 Å². The first-order valence-corrected chi connectivity index (χ1v) is 10.2. The molecule has 34 heavy (non-hydrogen) atoms. The number of benzene rings is 1. The third kappa shape index (κ3) is 4.45. The van der Waals surface area contributed by atoms with Gasteiger partial charge in [0.05, 0.1) is 16.6 Å². The van der Waals surface area contributed by atoms with E-state index in [2.05, 4.69) is 4.98 Å². The molecule has 2 N–H and O–H groups in total. The molecular formula is C20H21N3O11. The second-order valence-electron chi connectivity index (χ2n) is 7.73. The predicted molar refractivity (Wildman–Crippen MR) is 111 cm³/mol. The number of aromatic nitrogens is 2. The number of carbonyl (C=O) groups excluding carboxylic acids is 1. The van der Waals surface area contributed by atoms with E-state index in [1.54, 1.807) is 0 Å². The van der Waals surface area contributed by atoms with E-state index in [1.165, 1.54) is 32.2 Å². The summed E-state index contributed by atoms with van der Waals surface area (Å²) in [5.74, 6) is 0.163. The molecule has 1 fully saturated rings. The standard InChI is InChI=1S/C20H21N3O11/c1-9-6-22(19(26)21-18(9)25)15-5-12(24)14(34-15)7-30-20(27)33-10(2)11-3-4-13-17(32-8-31-13)16(11)23(28)29/h3-4,6,10,12,14-15,24H,5,7-8H2,1-2H3,(H,21,25,26)/t10?,12-,14+,15+/m0/s1. The maximum absolute atomic E-state index is 12.2. The van der Waals surface area contributed by atoms with Crippen LogP contribution in [0.15, 0.2) is 27.9 Å². The Hall–Kier alpha value is -3.91. The van der Waals surface area contributed by atoms with Crippen LogP contribution in [-0.4, -0.2) is 51.3 Å². The molecule has 1 saturated heterocycles. The molecule has 1 unspecified atom stereocenters. The Labute approximate surface area is 190 Å². The maximum Gasteiger partial charge on any atom is 0.508 e. The molecule has 2 aliphatic rings. The molecule has 3 heterocycles. The molecule has 1 aromatic carbocycles. The van der Waals surface area contributed by atoms with E-state index < -0.39 is 53.5 Å². The number of ether oxygens (including phenoxy) is 5. The number of H-pyrrole nitrogens is 1. The lowest BCUT2D eigenvalue weighted by molar-refractivity contribution is -0.386. The first-order chi connectivity index (χ1) is 16.2. The molecule has 4 atom stereocenters. The third-order valence-electron chi connectivity index (χ3n) is 5.46. The van der Waals surface area contributed by atoms with E-state index >= 15 is 0 Å². The lowest BCUT2D eigenvalue weighted by Gasteiger charge is -2.18. The van der Waals surface area contributed by atoms with Gasteiger partial charge in [0.1, 0.15) is 25.0 Å². The van der Waals surface area contributed by atoms with Crippen molar-refractivity contribution in [3.63, 3.8) is 0 Å². The summed E-state index contributed by atoms with van der Waals surface area (Å²) in [6.45, 7) is 2.38. The van der Waals surface area contributed by atoms with Crippen LogP contribution in [0.3, 0.4) is 0 Å². The Kier molecular flexibility index (Phi) is 6.26. The smallest absolute Gasteiger partial charge is 0.453 e. The number of hydrogen-bond donors (Lipinski definition) is 2. The van der Waals surface area contributed by atoms with Gasteiger partial charge in [-0.05, 0) is 26.0 Å². The molecule has 0 radical (unpaired) electrons. The van der Waals surface area contributed by atoms with Crippen LogP contribution in [0.5, 0.6) is 11.5 Å². The quantitative estimate of drug-likeness (QED) is 0.343. The fraction of sp³-hybridized carbons (Fsp3) is 0.450. The van der Waals surface area contributed by atoms with Crippen LogP contribution < -0.4 is 20.7 Å². The number of aromatic amines is 1. The van der Waals surface area contributed by atoms with E-state index in [0.29, 0.717) is 0 Å². The van der Waals surface area contributed by atoms with Crippen molar-refractivity contribution >= 4 is 11.8 Å². The number of aliphatic hydroxyl groups excluding tert-OH is 1. The van der Waals surface area contributed by atoms with Crippen LogP contribution in [0, 0.1) is 17.0 Å². The first kappa shape index (κ1) is 23.3. The monoisotopic (exact) mass is 479 g/mol. The molecule has 1 aromatic heterocycles. The molecule has 2 aliphatic heterocycles. The molecular weight excluding hydrogens is 458 g/mol. The topological polar surface area (TPSA) is 181 Å².